The highest BCUT2D eigenvalue weighted by Crippen LogP contribution is 2.43. The van der Waals surface area contributed by atoms with Gasteiger partial charge in [0.05, 0.1) is 12.7 Å². The molecule has 0 bridgehead atoms. The topological polar surface area (TPSA) is 136 Å². The number of anilines is 3. The zero-order chi connectivity index (χ0) is 23.3. The van der Waals surface area contributed by atoms with E-state index in [2.05, 4.69) is 25.9 Å². The first-order valence-corrected chi connectivity index (χ1v) is 11.6. The summed E-state index contributed by atoms with van der Waals surface area (Å²) in [6, 6.07) is 1.74. The number of aryl methyl sites for hydroxylation is 2. The number of hydrogen-bond acceptors (Lipinski definition) is 8. The van der Waals surface area contributed by atoms with Crippen LogP contribution in [0, 0.1) is 11.8 Å². The normalized spacial score (nSPS) is 21.4. The van der Waals surface area contributed by atoms with Crippen molar-refractivity contribution in [2.24, 2.45) is 18.9 Å². The second kappa shape index (κ2) is 8.18. The van der Waals surface area contributed by atoms with E-state index < -0.39 is 5.97 Å². The lowest BCUT2D eigenvalue weighted by Crippen LogP contribution is -2.21. The number of hydrogen-bond donors (Lipinski definition) is 3. The van der Waals surface area contributed by atoms with Gasteiger partial charge in [-0.05, 0) is 37.2 Å². The van der Waals surface area contributed by atoms with E-state index in [4.69, 9.17) is 4.74 Å². The van der Waals surface area contributed by atoms with Crippen molar-refractivity contribution >= 4 is 40.0 Å². The van der Waals surface area contributed by atoms with Crippen LogP contribution in [-0.2, 0) is 24.7 Å². The number of carboxylic acids is 1. The molecule has 0 spiro atoms. The summed E-state index contributed by atoms with van der Waals surface area (Å²) in [6.45, 7) is 2.03. The SMILES string of the molecule is COc1cc(Nc2nncn2[C@H]2CCc3sc(NC(=O)[C@H]4C[C@@H]4C)c(C(=O)O)c3C2)n(C)n1. The van der Waals surface area contributed by atoms with Crippen LogP contribution in [0.4, 0.5) is 16.8 Å². The van der Waals surface area contributed by atoms with Gasteiger partial charge in [0.15, 0.2) is 0 Å². The van der Waals surface area contributed by atoms with Gasteiger partial charge in [-0.1, -0.05) is 6.92 Å². The Morgan fingerprint density at radius 3 is 2.82 bits per heavy atom. The lowest BCUT2D eigenvalue weighted by atomic mass is 9.91. The number of aromatic nitrogens is 5. The van der Waals surface area contributed by atoms with Crippen molar-refractivity contribution in [3.05, 3.63) is 28.4 Å². The second-order valence-corrected chi connectivity index (χ2v) is 9.71. The van der Waals surface area contributed by atoms with Gasteiger partial charge in [0.25, 0.3) is 0 Å². The summed E-state index contributed by atoms with van der Waals surface area (Å²) >= 11 is 1.38. The Kier molecular flexibility index (Phi) is 5.31. The number of carbonyl (C=O) groups is 2. The maximum Gasteiger partial charge on any atom is 0.339 e. The van der Waals surface area contributed by atoms with Gasteiger partial charge in [0, 0.05) is 30.0 Å². The molecule has 1 fully saturated rings. The van der Waals surface area contributed by atoms with E-state index >= 15 is 0 Å². The summed E-state index contributed by atoms with van der Waals surface area (Å²) < 4.78 is 8.74. The third-order valence-corrected chi connectivity index (χ3v) is 7.61. The summed E-state index contributed by atoms with van der Waals surface area (Å²) in [4.78, 5) is 25.6. The molecule has 3 heterocycles. The molecule has 2 aliphatic rings. The van der Waals surface area contributed by atoms with Crippen LogP contribution in [0.2, 0.25) is 0 Å². The van der Waals surface area contributed by atoms with E-state index in [0.29, 0.717) is 35.0 Å². The molecule has 11 nitrogen and oxygen atoms in total. The fourth-order valence-electron chi connectivity index (χ4n) is 4.38. The summed E-state index contributed by atoms with van der Waals surface area (Å²) in [6.07, 6.45) is 4.55. The molecule has 3 aromatic heterocycles. The molecule has 0 saturated heterocycles. The first-order valence-electron chi connectivity index (χ1n) is 10.8. The van der Waals surface area contributed by atoms with Gasteiger partial charge in [-0.15, -0.1) is 26.6 Å². The predicted octanol–water partition coefficient (Wildman–Crippen LogP) is 2.85. The smallest absolute Gasteiger partial charge is 0.339 e. The Balaban J connectivity index is 1.39. The number of carbonyl (C=O) groups excluding carboxylic acids is 1. The van der Waals surface area contributed by atoms with Crippen molar-refractivity contribution in [2.45, 2.75) is 38.6 Å². The molecule has 0 aromatic carbocycles. The minimum Gasteiger partial charge on any atom is -0.480 e. The Hall–Kier alpha value is -3.41. The van der Waals surface area contributed by atoms with Gasteiger partial charge in [-0.3, -0.25) is 9.36 Å². The molecular weight excluding hydrogens is 446 g/mol. The van der Waals surface area contributed by atoms with Gasteiger partial charge in [-0.2, -0.15) is 0 Å². The van der Waals surface area contributed by atoms with E-state index in [1.165, 1.54) is 11.3 Å². The van der Waals surface area contributed by atoms with Gasteiger partial charge in [0.1, 0.15) is 17.1 Å². The van der Waals surface area contributed by atoms with E-state index in [1.807, 2.05) is 11.5 Å². The number of nitrogens with zero attached hydrogens (tertiary/aromatic N) is 5. The molecule has 0 aliphatic heterocycles. The fourth-order valence-corrected chi connectivity index (χ4v) is 5.62. The lowest BCUT2D eigenvalue weighted by molar-refractivity contribution is -0.117. The van der Waals surface area contributed by atoms with Gasteiger partial charge in [0.2, 0.25) is 17.7 Å². The third kappa shape index (κ3) is 3.94. The van der Waals surface area contributed by atoms with Crippen molar-refractivity contribution in [1.29, 1.82) is 0 Å². The third-order valence-electron chi connectivity index (χ3n) is 6.40. The van der Waals surface area contributed by atoms with Crippen LogP contribution in [0.3, 0.4) is 0 Å². The number of rotatable bonds is 7. The van der Waals surface area contributed by atoms with Crippen LogP contribution in [0.5, 0.6) is 5.88 Å². The van der Waals surface area contributed by atoms with Crippen molar-refractivity contribution in [1.82, 2.24) is 24.5 Å². The fraction of sp³-hybridized carbons (Fsp3) is 0.476. The number of thiophene rings is 1. The van der Waals surface area contributed by atoms with Crippen LogP contribution in [0.15, 0.2) is 12.4 Å². The Morgan fingerprint density at radius 2 is 2.15 bits per heavy atom. The molecule has 3 aromatic rings. The maximum absolute atomic E-state index is 12.5. The largest absolute Gasteiger partial charge is 0.480 e. The van der Waals surface area contributed by atoms with Gasteiger partial charge in [-0.25, -0.2) is 9.48 Å². The van der Waals surface area contributed by atoms with Gasteiger partial charge < -0.3 is 20.5 Å². The Bertz CT molecular complexity index is 1230. The molecule has 5 rings (SSSR count). The molecule has 0 unspecified atom stereocenters. The van der Waals surface area contributed by atoms with Gasteiger partial charge >= 0.3 is 5.97 Å². The highest BCUT2D eigenvalue weighted by Gasteiger charge is 2.40. The number of carboxylic acid groups (broad SMARTS) is 1. The zero-order valence-corrected chi connectivity index (χ0v) is 19.3. The van der Waals surface area contributed by atoms with E-state index in [9.17, 15) is 14.7 Å². The molecule has 33 heavy (non-hydrogen) atoms. The monoisotopic (exact) mass is 471 g/mol. The molecule has 2 aliphatic carbocycles. The zero-order valence-electron chi connectivity index (χ0n) is 18.5. The molecule has 174 valence electrons. The van der Waals surface area contributed by atoms with Crippen LogP contribution >= 0.6 is 11.3 Å². The number of ether oxygens (including phenoxy) is 1. The molecule has 3 atom stereocenters. The molecule has 1 saturated carbocycles. The predicted molar refractivity (Wildman–Crippen MR) is 121 cm³/mol. The molecule has 12 heteroatoms. The van der Waals surface area contributed by atoms with E-state index in [0.717, 1.165) is 29.7 Å². The van der Waals surface area contributed by atoms with Crippen LogP contribution in [0.25, 0.3) is 0 Å². The average Bonchev–Trinajstić information content (AvgIpc) is 3.10. The number of aromatic carboxylic acids is 1. The molecule has 0 radical (unpaired) electrons. The first kappa shape index (κ1) is 21.4. The first-order chi connectivity index (χ1) is 15.9. The van der Waals surface area contributed by atoms with Crippen molar-refractivity contribution in [3.63, 3.8) is 0 Å². The quantitative estimate of drug-likeness (QED) is 0.479. The summed E-state index contributed by atoms with van der Waals surface area (Å²) in [5.41, 5.74) is 0.991. The van der Waals surface area contributed by atoms with Crippen LogP contribution in [-0.4, -0.2) is 48.6 Å². The van der Waals surface area contributed by atoms with E-state index in [1.54, 1.807) is 31.2 Å². The summed E-state index contributed by atoms with van der Waals surface area (Å²) in [7, 11) is 3.35. The maximum atomic E-state index is 12.5. The number of nitrogens with one attached hydrogen (secondary N) is 2. The molecule has 3 N–H and O–H groups in total. The molecule has 1 amide bonds. The highest BCUT2D eigenvalue weighted by atomic mass is 32.1. The van der Waals surface area contributed by atoms with Crippen LogP contribution < -0.4 is 15.4 Å². The molecular formula is C21H25N7O4S. The number of fused-ring (bicyclic) bond motifs is 1. The standard InChI is InChI=1S/C21H25N7O4S/c1-10-6-12(10)18(29)24-19-17(20(30)31)13-7-11(4-5-14(13)33-19)28-9-22-25-21(28)23-15-8-16(32-3)26-27(15)2/h8-12H,4-7H2,1-3H3,(H,23,25)(H,24,29)(H,30,31)/t10-,11-,12-/m0/s1. The second-order valence-electron chi connectivity index (χ2n) is 8.60. The lowest BCUT2D eigenvalue weighted by Gasteiger charge is -2.25. The Labute approximate surface area is 193 Å². The minimum atomic E-state index is -1.02. The van der Waals surface area contributed by atoms with Crippen molar-refractivity contribution in [3.8, 4) is 5.88 Å². The minimum absolute atomic E-state index is 0.0187. The summed E-state index contributed by atoms with van der Waals surface area (Å²) in [5.74, 6) is 0.948. The van der Waals surface area contributed by atoms with Crippen molar-refractivity contribution < 1.29 is 19.4 Å². The Morgan fingerprint density at radius 1 is 1.36 bits per heavy atom. The summed E-state index contributed by atoms with van der Waals surface area (Å²) in [5, 5.41) is 29.0. The highest BCUT2D eigenvalue weighted by molar-refractivity contribution is 7.17. The van der Waals surface area contributed by atoms with E-state index in [-0.39, 0.29) is 23.4 Å². The number of methoxy groups -OCH3 is 1. The van der Waals surface area contributed by atoms with Crippen molar-refractivity contribution in [2.75, 3.05) is 17.7 Å². The van der Waals surface area contributed by atoms with Crippen LogP contribution in [0.1, 0.15) is 46.6 Å². The average molecular weight is 472 g/mol. The number of amides is 1.